The van der Waals surface area contributed by atoms with Crippen LogP contribution in [0.15, 0.2) is 18.2 Å². The molecule has 1 aliphatic heterocycles. The highest BCUT2D eigenvalue weighted by Gasteiger charge is 2.35. The average Bonchev–Trinajstić information content (AvgIpc) is 2.26. The van der Waals surface area contributed by atoms with Crippen LogP contribution in [0.1, 0.15) is 44.2 Å². The molecule has 0 saturated heterocycles. The molecule has 2 atom stereocenters. The molecule has 0 spiro atoms. The van der Waals surface area contributed by atoms with E-state index < -0.39 is 0 Å². The molecule has 2 aliphatic rings. The third kappa shape index (κ3) is 2.12. The van der Waals surface area contributed by atoms with Crippen molar-refractivity contribution in [2.75, 3.05) is 6.54 Å². The highest BCUT2D eigenvalue weighted by Crippen LogP contribution is 2.42. The number of nitrogens with one attached hydrogen (secondary N) is 1. The van der Waals surface area contributed by atoms with Crippen molar-refractivity contribution in [1.82, 2.24) is 5.32 Å². The molecule has 3 rings (SSSR count). The molecule has 0 radical (unpaired) electrons. The van der Waals surface area contributed by atoms with Gasteiger partial charge in [0, 0.05) is 24.1 Å². The first-order valence-corrected chi connectivity index (χ1v) is 6.97. The fourth-order valence-electron chi connectivity index (χ4n) is 3.01. The Balaban J connectivity index is 1.87. The second-order valence-corrected chi connectivity index (χ2v) is 5.38. The topological polar surface area (TPSA) is 21.3 Å². The molecule has 1 N–H and O–H groups in total. The highest BCUT2D eigenvalue weighted by atomic mass is 19.1. The minimum absolute atomic E-state index is 0.210. The van der Waals surface area contributed by atoms with Crippen LogP contribution in [0.5, 0.6) is 5.75 Å². The summed E-state index contributed by atoms with van der Waals surface area (Å²) in [6.07, 6.45) is 5.10. The second-order valence-electron chi connectivity index (χ2n) is 5.38. The van der Waals surface area contributed by atoms with E-state index in [0.717, 1.165) is 24.3 Å². The van der Waals surface area contributed by atoms with E-state index in [2.05, 4.69) is 12.2 Å². The van der Waals surface area contributed by atoms with Gasteiger partial charge in [-0.2, -0.15) is 0 Å². The number of benzene rings is 1. The van der Waals surface area contributed by atoms with Gasteiger partial charge in [-0.1, -0.05) is 19.4 Å². The number of halogens is 1. The van der Waals surface area contributed by atoms with E-state index in [-0.39, 0.29) is 11.9 Å². The standard InChI is InChI=1S/C15H20FNO/c1-2-17-13-9-14(10-4-3-5-10)18-15-8-11(16)6-7-12(13)15/h6-8,10,13-14,17H,2-5,9H2,1H3. The van der Waals surface area contributed by atoms with Crippen LogP contribution in [-0.2, 0) is 0 Å². The van der Waals surface area contributed by atoms with Crippen molar-refractivity contribution in [3.05, 3.63) is 29.6 Å². The van der Waals surface area contributed by atoms with E-state index in [9.17, 15) is 4.39 Å². The van der Waals surface area contributed by atoms with Crippen LogP contribution in [0.3, 0.4) is 0 Å². The molecule has 1 aromatic rings. The summed E-state index contributed by atoms with van der Waals surface area (Å²) in [6.45, 7) is 3.04. The highest BCUT2D eigenvalue weighted by molar-refractivity contribution is 5.38. The molecule has 0 amide bonds. The Kier molecular flexibility index (Phi) is 3.25. The van der Waals surface area contributed by atoms with E-state index in [1.54, 1.807) is 0 Å². The summed E-state index contributed by atoms with van der Waals surface area (Å²) >= 11 is 0. The van der Waals surface area contributed by atoms with Crippen molar-refractivity contribution in [2.45, 2.75) is 44.8 Å². The van der Waals surface area contributed by atoms with Gasteiger partial charge in [-0.15, -0.1) is 0 Å². The first-order valence-electron chi connectivity index (χ1n) is 6.97. The van der Waals surface area contributed by atoms with Crippen LogP contribution in [0.2, 0.25) is 0 Å². The number of fused-ring (bicyclic) bond motifs is 1. The minimum Gasteiger partial charge on any atom is -0.490 e. The van der Waals surface area contributed by atoms with Crippen LogP contribution in [0.4, 0.5) is 4.39 Å². The summed E-state index contributed by atoms with van der Waals surface area (Å²) in [5, 5.41) is 3.49. The van der Waals surface area contributed by atoms with Gasteiger partial charge in [0.2, 0.25) is 0 Å². The Hall–Kier alpha value is -1.09. The van der Waals surface area contributed by atoms with Crippen molar-refractivity contribution in [3.63, 3.8) is 0 Å². The lowest BCUT2D eigenvalue weighted by atomic mass is 9.77. The zero-order chi connectivity index (χ0) is 12.5. The van der Waals surface area contributed by atoms with E-state index in [1.807, 2.05) is 6.07 Å². The first-order chi connectivity index (χ1) is 8.78. The van der Waals surface area contributed by atoms with Gasteiger partial charge < -0.3 is 10.1 Å². The molecule has 2 nitrogen and oxygen atoms in total. The van der Waals surface area contributed by atoms with Gasteiger partial charge in [-0.3, -0.25) is 0 Å². The van der Waals surface area contributed by atoms with E-state index in [1.165, 1.54) is 31.4 Å². The molecule has 2 unspecified atom stereocenters. The summed E-state index contributed by atoms with van der Waals surface area (Å²) in [6, 6.07) is 5.22. The van der Waals surface area contributed by atoms with Crippen molar-refractivity contribution < 1.29 is 9.13 Å². The normalized spacial score (nSPS) is 27.2. The first kappa shape index (κ1) is 12.0. The molecule has 1 fully saturated rings. The van der Waals surface area contributed by atoms with Gasteiger partial charge in [0.05, 0.1) is 0 Å². The number of rotatable bonds is 3. The number of hydrogen-bond acceptors (Lipinski definition) is 2. The van der Waals surface area contributed by atoms with E-state index >= 15 is 0 Å². The zero-order valence-electron chi connectivity index (χ0n) is 10.8. The monoisotopic (exact) mass is 249 g/mol. The van der Waals surface area contributed by atoms with Crippen LogP contribution < -0.4 is 10.1 Å². The molecule has 1 aliphatic carbocycles. The molecular weight excluding hydrogens is 229 g/mol. The van der Waals surface area contributed by atoms with Crippen molar-refractivity contribution in [2.24, 2.45) is 5.92 Å². The molecular formula is C15H20FNO. The molecule has 0 bridgehead atoms. The average molecular weight is 249 g/mol. The summed E-state index contributed by atoms with van der Waals surface area (Å²) in [7, 11) is 0. The Morgan fingerprint density at radius 3 is 2.89 bits per heavy atom. The quantitative estimate of drug-likeness (QED) is 0.886. The third-order valence-corrected chi connectivity index (χ3v) is 4.22. The maximum absolute atomic E-state index is 13.3. The molecule has 98 valence electrons. The van der Waals surface area contributed by atoms with Gasteiger partial charge in [-0.05, 0) is 31.4 Å². The predicted molar refractivity (Wildman–Crippen MR) is 69.2 cm³/mol. The predicted octanol–water partition coefficient (Wildman–Crippen LogP) is 3.43. The van der Waals surface area contributed by atoms with Gasteiger partial charge in [0.15, 0.2) is 0 Å². The summed E-state index contributed by atoms with van der Waals surface area (Å²) in [5.74, 6) is 1.20. The molecule has 1 saturated carbocycles. The molecule has 1 heterocycles. The zero-order valence-corrected chi connectivity index (χ0v) is 10.8. The summed E-state index contributed by atoms with van der Waals surface area (Å²) < 4.78 is 19.3. The largest absolute Gasteiger partial charge is 0.490 e. The Morgan fingerprint density at radius 1 is 1.39 bits per heavy atom. The molecule has 3 heteroatoms. The number of hydrogen-bond donors (Lipinski definition) is 1. The van der Waals surface area contributed by atoms with Crippen molar-refractivity contribution >= 4 is 0 Å². The maximum Gasteiger partial charge on any atom is 0.127 e. The van der Waals surface area contributed by atoms with Gasteiger partial charge in [-0.25, -0.2) is 4.39 Å². The second kappa shape index (κ2) is 4.88. The fraction of sp³-hybridized carbons (Fsp3) is 0.600. The third-order valence-electron chi connectivity index (χ3n) is 4.22. The Morgan fingerprint density at radius 2 is 2.22 bits per heavy atom. The van der Waals surface area contributed by atoms with E-state index in [4.69, 9.17) is 4.74 Å². The van der Waals surface area contributed by atoms with Gasteiger partial charge in [0.25, 0.3) is 0 Å². The lowest BCUT2D eigenvalue weighted by Crippen LogP contribution is -2.39. The SMILES string of the molecule is CCNC1CC(C2CCC2)Oc2cc(F)ccc21. The van der Waals surface area contributed by atoms with Gasteiger partial charge >= 0.3 is 0 Å². The van der Waals surface area contributed by atoms with Crippen LogP contribution in [0.25, 0.3) is 0 Å². The van der Waals surface area contributed by atoms with Crippen molar-refractivity contribution in [3.8, 4) is 5.75 Å². The fourth-order valence-corrected chi connectivity index (χ4v) is 3.01. The lowest BCUT2D eigenvalue weighted by molar-refractivity contribution is 0.0530. The van der Waals surface area contributed by atoms with Crippen LogP contribution in [-0.4, -0.2) is 12.6 Å². The molecule has 0 aromatic heterocycles. The maximum atomic E-state index is 13.3. The van der Waals surface area contributed by atoms with Crippen molar-refractivity contribution in [1.29, 1.82) is 0 Å². The van der Waals surface area contributed by atoms with Crippen LogP contribution in [0, 0.1) is 11.7 Å². The minimum atomic E-state index is -0.210. The van der Waals surface area contributed by atoms with E-state index in [0.29, 0.717) is 12.0 Å². The number of ether oxygens (including phenoxy) is 1. The van der Waals surface area contributed by atoms with Gasteiger partial charge in [0.1, 0.15) is 17.7 Å². The Bertz CT molecular complexity index is 431. The summed E-state index contributed by atoms with van der Waals surface area (Å²) in [5.41, 5.74) is 1.11. The molecule has 1 aromatic carbocycles. The lowest BCUT2D eigenvalue weighted by Gasteiger charge is -2.40. The summed E-state index contributed by atoms with van der Waals surface area (Å²) in [4.78, 5) is 0. The molecule has 18 heavy (non-hydrogen) atoms. The smallest absolute Gasteiger partial charge is 0.127 e. The Labute approximate surface area is 108 Å². The van der Waals surface area contributed by atoms with Crippen LogP contribution >= 0.6 is 0 Å².